The van der Waals surface area contributed by atoms with Crippen molar-refractivity contribution in [1.29, 1.82) is 0 Å². The minimum Gasteiger partial charge on any atom is -0.493 e. The van der Waals surface area contributed by atoms with E-state index in [0.717, 1.165) is 18.7 Å². The molecule has 1 rings (SSSR count). The third-order valence-electron chi connectivity index (χ3n) is 3.07. The fraction of sp³-hybridized carbons (Fsp3) is 0.600. The van der Waals surface area contributed by atoms with Crippen molar-refractivity contribution in [2.24, 2.45) is 0 Å². The van der Waals surface area contributed by atoms with E-state index in [4.69, 9.17) is 9.47 Å². The lowest BCUT2D eigenvalue weighted by Gasteiger charge is -2.10. The average Bonchev–Trinajstić information content (AvgIpc) is 2.44. The Morgan fingerprint density at radius 3 is 2.67 bits per heavy atom. The number of hydrogen-bond donors (Lipinski definition) is 1. The molecule has 0 unspecified atom stereocenters. The van der Waals surface area contributed by atoms with E-state index in [1.54, 1.807) is 21.0 Å². The van der Waals surface area contributed by atoms with Gasteiger partial charge in [0.25, 0.3) is 0 Å². The first-order chi connectivity index (χ1) is 9.95. The monoisotopic (exact) mass is 315 g/mol. The number of nitrogens with one attached hydrogen (secondary N) is 1. The van der Waals surface area contributed by atoms with Gasteiger partial charge in [0, 0.05) is 20.2 Å². The van der Waals surface area contributed by atoms with Gasteiger partial charge in [0.2, 0.25) is 0 Å². The summed E-state index contributed by atoms with van der Waals surface area (Å²) in [5, 5.41) is 2.89. The van der Waals surface area contributed by atoms with Gasteiger partial charge in [-0.15, -0.1) is 0 Å². The van der Waals surface area contributed by atoms with Crippen LogP contribution < -0.4 is 10.1 Å². The SMILES string of the molecule is COCCNCc1cccc(OCCS(=O)(=O)C(C)C)c1. The van der Waals surface area contributed by atoms with Crippen molar-refractivity contribution in [3.05, 3.63) is 29.8 Å². The molecule has 1 N–H and O–H groups in total. The summed E-state index contributed by atoms with van der Waals surface area (Å²) in [6, 6.07) is 7.65. The Labute approximate surface area is 127 Å². The Morgan fingerprint density at radius 1 is 1.24 bits per heavy atom. The molecule has 120 valence electrons. The lowest BCUT2D eigenvalue weighted by atomic mass is 10.2. The highest BCUT2D eigenvalue weighted by molar-refractivity contribution is 7.91. The van der Waals surface area contributed by atoms with E-state index in [2.05, 4.69) is 5.32 Å². The quantitative estimate of drug-likeness (QED) is 0.665. The second-order valence-electron chi connectivity index (χ2n) is 5.08. The highest BCUT2D eigenvalue weighted by atomic mass is 32.2. The molecule has 0 fully saturated rings. The minimum absolute atomic E-state index is 0.0426. The van der Waals surface area contributed by atoms with Crippen LogP contribution in [0.2, 0.25) is 0 Å². The van der Waals surface area contributed by atoms with Crippen LogP contribution in [0.4, 0.5) is 0 Å². The number of methoxy groups -OCH3 is 1. The molecule has 5 nitrogen and oxygen atoms in total. The molecular weight excluding hydrogens is 290 g/mol. The number of sulfone groups is 1. The van der Waals surface area contributed by atoms with Gasteiger partial charge in [-0.05, 0) is 31.5 Å². The van der Waals surface area contributed by atoms with Crippen LogP contribution in [0.3, 0.4) is 0 Å². The number of rotatable bonds is 10. The van der Waals surface area contributed by atoms with Gasteiger partial charge in [0.15, 0.2) is 9.84 Å². The molecule has 21 heavy (non-hydrogen) atoms. The summed E-state index contributed by atoms with van der Waals surface area (Å²) in [7, 11) is -1.38. The summed E-state index contributed by atoms with van der Waals surface area (Å²) < 4.78 is 33.9. The Morgan fingerprint density at radius 2 is 2.00 bits per heavy atom. The third-order valence-corrected chi connectivity index (χ3v) is 5.24. The zero-order valence-electron chi connectivity index (χ0n) is 13.0. The molecule has 1 aromatic rings. The molecule has 0 aliphatic heterocycles. The topological polar surface area (TPSA) is 64.6 Å². The zero-order valence-corrected chi connectivity index (χ0v) is 13.8. The Balaban J connectivity index is 2.42. The Kier molecular flexibility index (Phi) is 7.71. The summed E-state index contributed by atoms with van der Waals surface area (Å²) >= 11 is 0. The molecule has 0 aromatic heterocycles. The molecule has 0 spiro atoms. The first-order valence-electron chi connectivity index (χ1n) is 7.08. The first-order valence-corrected chi connectivity index (χ1v) is 8.80. The van der Waals surface area contributed by atoms with Crippen molar-refractivity contribution < 1.29 is 17.9 Å². The van der Waals surface area contributed by atoms with Crippen LogP contribution in [-0.4, -0.2) is 46.3 Å². The standard InChI is InChI=1S/C15H25NO4S/c1-13(2)21(17,18)10-9-20-15-6-4-5-14(11-15)12-16-7-8-19-3/h4-6,11,13,16H,7-10,12H2,1-3H3. The maximum atomic E-state index is 11.7. The van der Waals surface area contributed by atoms with Crippen molar-refractivity contribution in [2.75, 3.05) is 32.6 Å². The summed E-state index contributed by atoms with van der Waals surface area (Å²) in [5.41, 5.74) is 1.09. The molecular formula is C15H25NO4S. The fourth-order valence-corrected chi connectivity index (χ4v) is 2.45. The van der Waals surface area contributed by atoms with E-state index >= 15 is 0 Å². The zero-order chi connectivity index (χ0) is 15.7. The van der Waals surface area contributed by atoms with E-state index in [9.17, 15) is 8.42 Å². The second kappa shape index (κ2) is 9.02. The summed E-state index contributed by atoms with van der Waals surface area (Å²) in [6.07, 6.45) is 0. The van der Waals surface area contributed by atoms with Crippen molar-refractivity contribution in [1.82, 2.24) is 5.32 Å². The van der Waals surface area contributed by atoms with Gasteiger partial charge in [-0.25, -0.2) is 8.42 Å². The summed E-state index contributed by atoms with van der Waals surface area (Å²) in [4.78, 5) is 0. The lowest BCUT2D eigenvalue weighted by molar-refractivity contribution is 0.199. The number of ether oxygens (including phenoxy) is 2. The molecule has 0 bridgehead atoms. The maximum absolute atomic E-state index is 11.7. The summed E-state index contributed by atoms with van der Waals surface area (Å²) in [6.45, 7) is 5.73. The van der Waals surface area contributed by atoms with Crippen LogP contribution in [0.15, 0.2) is 24.3 Å². The second-order valence-corrected chi connectivity index (χ2v) is 7.76. The van der Waals surface area contributed by atoms with Gasteiger partial charge < -0.3 is 14.8 Å². The van der Waals surface area contributed by atoms with Gasteiger partial charge in [0.05, 0.1) is 17.6 Å². The van der Waals surface area contributed by atoms with Crippen LogP contribution >= 0.6 is 0 Å². The van der Waals surface area contributed by atoms with Crippen molar-refractivity contribution >= 4 is 9.84 Å². The molecule has 0 aliphatic rings. The molecule has 0 saturated heterocycles. The van der Waals surface area contributed by atoms with Gasteiger partial charge in [-0.1, -0.05) is 12.1 Å². The molecule has 1 aromatic carbocycles. The third kappa shape index (κ3) is 6.93. The predicted octanol–water partition coefficient (Wildman–Crippen LogP) is 1.62. The van der Waals surface area contributed by atoms with E-state index in [1.165, 1.54) is 0 Å². The van der Waals surface area contributed by atoms with Gasteiger partial charge in [-0.2, -0.15) is 0 Å². The lowest BCUT2D eigenvalue weighted by Crippen LogP contribution is -2.22. The van der Waals surface area contributed by atoms with Crippen LogP contribution in [0.5, 0.6) is 5.75 Å². The van der Waals surface area contributed by atoms with E-state index in [1.807, 2.05) is 24.3 Å². The van der Waals surface area contributed by atoms with E-state index in [-0.39, 0.29) is 17.6 Å². The maximum Gasteiger partial charge on any atom is 0.155 e. The molecule has 0 aliphatic carbocycles. The largest absolute Gasteiger partial charge is 0.493 e. The van der Waals surface area contributed by atoms with E-state index in [0.29, 0.717) is 12.4 Å². The van der Waals surface area contributed by atoms with Crippen molar-refractivity contribution in [3.8, 4) is 5.75 Å². The fourth-order valence-electron chi connectivity index (χ4n) is 1.66. The van der Waals surface area contributed by atoms with Gasteiger partial charge >= 0.3 is 0 Å². The minimum atomic E-state index is -3.05. The van der Waals surface area contributed by atoms with Gasteiger partial charge in [0.1, 0.15) is 12.4 Å². The van der Waals surface area contributed by atoms with Crippen LogP contribution in [-0.2, 0) is 21.1 Å². The molecule has 0 atom stereocenters. The molecule has 0 heterocycles. The average molecular weight is 315 g/mol. The van der Waals surface area contributed by atoms with E-state index < -0.39 is 9.84 Å². The molecule has 0 saturated carbocycles. The van der Waals surface area contributed by atoms with Crippen LogP contribution in [0.25, 0.3) is 0 Å². The normalized spacial score (nSPS) is 11.8. The number of benzene rings is 1. The highest BCUT2D eigenvalue weighted by Gasteiger charge is 2.15. The smallest absolute Gasteiger partial charge is 0.155 e. The molecule has 0 radical (unpaired) electrons. The van der Waals surface area contributed by atoms with Crippen molar-refractivity contribution in [2.45, 2.75) is 25.6 Å². The first kappa shape index (κ1) is 17.9. The van der Waals surface area contributed by atoms with Crippen molar-refractivity contribution in [3.63, 3.8) is 0 Å². The highest BCUT2D eigenvalue weighted by Crippen LogP contribution is 2.13. The summed E-state index contributed by atoms with van der Waals surface area (Å²) in [5.74, 6) is 0.737. The predicted molar refractivity (Wildman–Crippen MR) is 84.4 cm³/mol. The Bertz CT molecular complexity index is 514. The van der Waals surface area contributed by atoms with Gasteiger partial charge in [-0.3, -0.25) is 0 Å². The molecule has 6 heteroatoms. The molecule has 0 amide bonds. The Hall–Kier alpha value is -1.11. The van der Waals surface area contributed by atoms with Crippen LogP contribution in [0, 0.1) is 0 Å². The van der Waals surface area contributed by atoms with Crippen LogP contribution in [0.1, 0.15) is 19.4 Å². The number of hydrogen-bond acceptors (Lipinski definition) is 5.